The average molecular weight is 362 g/mol. The number of methoxy groups -OCH3 is 1. The molecule has 4 rings (SSSR count). The van der Waals surface area contributed by atoms with Crippen LogP contribution in [0.3, 0.4) is 0 Å². The van der Waals surface area contributed by atoms with E-state index in [1.54, 1.807) is 7.11 Å². The van der Waals surface area contributed by atoms with Gasteiger partial charge in [0.1, 0.15) is 11.6 Å². The number of aromatic amines is 1. The van der Waals surface area contributed by atoms with Gasteiger partial charge in [0.15, 0.2) is 0 Å². The van der Waals surface area contributed by atoms with Gasteiger partial charge in [0.05, 0.1) is 25.0 Å². The summed E-state index contributed by atoms with van der Waals surface area (Å²) in [5.74, 6) is 1.67. The minimum Gasteiger partial charge on any atom is -0.497 e. The van der Waals surface area contributed by atoms with Crippen LogP contribution in [-0.2, 0) is 19.5 Å². The Labute approximate surface area is 158 Å². The van der Waals surface area contributed by atoms with Crippen LogP contribution in [0.15, 0.2) is 54.6 Å². The summed E-state index contributed by atoms with van der Waals surface area (Å²) in [6, 6.07) is 17.7. The lowest BCUT2D eigenvalue weighted by Gasteiger charge is -2.26. The maximum absolute atomic E-state index is 12.5. The van der Waals surface area contributed by atoms with E-state index < -0.39 is 0 Å². The van der Waals surface area contributed by atoms with E-state index in [9.17, 15) is 4.79 Å². The summed E-state index contributed by atoms with van der Waals surface area (Å²) in [6.45, 7) is 1.70. The van der Waals surface area contributed by atoms with Crippen LogP contribution in [0.2, 0.25) is 0 Å². The lowest BCUT2D eigenvalue weighted by Crippen LogP contribution is -2.42. The normalized spacial score (nSPS) is 13.1. The molecule has 0 aliphatic carbocycles. The van der Waals surface area contributed by atoms with Crippen LogP contribution in [0.1, 0.15) is 17.0 Å². The number of carbonyl (C=O) groups excluding carboxylic acids is 1. The highest BCUT2D eigenvalue weighted by Gasteiger charge is 2.23. The van der Waals surface area contributed by atoms with Gasteiger partial charge in [0, 0.05) is 25.1 Å². The number of nitrogens with zero attached hydrogens (tertiary/aromatic N) is 2. The number of imidazole rings is 1. The van der Waals surface area contributed by atoms with E-state index in [0.717, 1.165) is 40.5 Å². The van der Waals surface area contributed by atoms with Crippen LogP contribution in [0.25, 0.3) is 11.4 Å². The third-order valence-corrected chi connectivity index (χ3v) is 4.77. The first kappa shape index (κ1) is 17.1. The van der Waals surface area contributed by atoms with Gasteiger partial charge in [-0.2, -0.15) is 0 Å². The van der Waals surface area contributed by atoms with Crippen molar-refractivity contribution in [1.82, 2.24) is 20.2 Å². The quantitative estimate of drug-likeness (QED) is 0.748. The zero-order valence-corrected chi connectivity index (χ0v) is 15.2. The third kappa shape index (κ3) is 3.79. The molecule has 2 N–H and O–H groups in total. The first-order chi connectivity index (χ1) is 13.2. The SMILES string of the molecule is COc1ccc(CNC(=O)N2CCc3nc(-c4ccccc4)[nH]c3C2)cc1. The van der Waals surface area contributed by atoms with Crippen LogP contribution in [0.4, 0.5) is 4.79 Å². The molecule has 2 amide bonds. The van der Waals surface area contributed by atoms with Gasteiger partial charge in [-0.25, -0.2) is 9.78 Å². The van der Waals surface area contributed by atoms with Crippen molar-refractivity contribution in [1.29, 1.82) is 0 Å². The second-order valence-electron chi connectivity index (χ2n) is 6.56. The van der Waals surface area contributed by atoms with Crippen molar-refractivity contribution in [3.63, 3.8) is 0 Å². The number of amides is 2. The second-order valence-corrected chi connectivity index (χ2v) is 6.56. The summed E-state index contributed by atoms with van der Waals surface area (Å²) in [5.41, 5.74) is 4.16. The molecule has 1 aromatic heterocycles. The van der Waals surface area contributed by atoms with E-state index in [1.165, 1.54) is 0 Å². The monoisotopic (exact) mass is 362 g/mol. The molecule has 0 saturated heterocycles. The van der Waals surface area contributed by atoms with E-state index >= 15 is 0 Å². The van der Waals surface area contributed by atoms with Gasteiger partial charge >= 0.3 is 6.03 Å². The lowest BCUT2D eigenvalue weighted by atomic mass is 10.1. The molecule has 0 spiro atoms. The number of aromatic nitrogens is 2. The van der Waals surface area contributed by atoms with Crippen LogP contribution in [-0.4, -0.2) is 34.6 Å². The van der Waals surface area contributed by atoms with Crippen molar-refractivity contribution >= 4 is 6.03 Å². The molecule has 2 heterocycles. The number of benzene rings is 2. The standard InChI is InChI=1S/C21H22N4O2/c1-27-17-9-7-15(8-10-17)13-22-21(26)25-12-11-18-19(14-25)24-20(23-18)16-5-3-2-4-6-16/h2-10H,11-14H2,1H3,(H,22,26)(H,23,24). The number of carbonyl (C=O) groups is 1. The maximum atomic E-state index is 12.5. The predicted octanol–water partition coefficient (Wildman–Crippen LogP) is 3.35. The highest BCUT2D eigenvalue weighted by Crippen LogP contribution is 2.22. The van der Waals surface area contributed by atoms with Crippen molar-refractivity contribution in [2.75, 3.05) is 13.7 Å². The number of urea groups is 1. The molecule has 0 bridgehead atoms. The van der Waals surface area contributed by atoms with Crippen molar-refractivity contribution in [2.24, 2.45) is 0 Å². The Morgan fingerprint density at radius 2 is 1.96 bits per heavy atom. The zero-order valence-electron chi connectivity index (χ0n) is 15.2. The van der Waals surface area contributed by atoms with Gasteiger partial charge in [-0.1, -0.05) is 42.5 Å². The lowest BCUT2D eigenvalue weighted by molar-refractivity contribution is 0.191. The fraction of sp³-hybridized carbons (Fsp3) is 0.238. The van der Waals surface area contributed by atoms with Crippen molar-refractivity contribution in [2.45, 2.75) is 19.5 Å². The summed E-state index contributed by atoms with van der Waals surface area (Å²) in [4.78, 5) is 22.4. The third-order valence-electron chi connectivity index (χ3n) is 4.77. The molecule has 1 aliphatic heterocycles. The molecule has 3 aromatic rings. The minimum atomic E-state index is -0.0627. The van der Waals surface area contributed by atoms with E-state index in [4.69, 9.17) is 9.72 Å². The molecule has 27 heavy (non-hydrogen) atoms. The van der Waals surface area contributed by atoms with Gasteiger partial charge in [0.25, 0.3) is 0 Å². The summed E-state index contributed by atoms with van der Waals surface area (Å²) in [7, 11) is 1.64. The first-order valence-corrected chi connectivity index (χ1v) is 9.02. The molecule has 1 aliphatic rings. The molecule has 2 aromatic carbocycles. The Morgan fingerprint density at radius 1 is 1.19 bits per heavy atom. The number of rotatable bonds is 4. The Hall–Kier alpha value is -3.28. The molecule has 0 saturated carbocycles. The van der Waals surface area contributed by atoms with E-state index in [0.29, 0.717) is 19.6 Å². The van der Waals surface area contributed by atoms with Crippen LogP contribution < -0.4 is 10.1 Å². The number of hydrogen-bond acceptors (Lipinski definition) is 3. The van der Waals surface area contributed by atoms with Crippen molar-refractivity contribution < 1.29 is 9.53 Å². The van der Waals surface area contributed by atoms with E-state index in [1.807, 2.05) is 59.5 Å². The molecule has 138 valence electrons. The summed E-state index contributed by atoms with van der Waals surface area (Å²) in [6.07, 6.45) is 0.759. The summed E-state index contributed by atoms with van der Waals surface area (Å²) < 4.78 is 5.15. The molecule has 0 unspecified atom stereocenters. The van der Waals surface area contributed by atoms with Crippen molar-refractivity contribution in [3.05, 3.63) is 71.5 Å². The number of H-pyrrole nitrogens is 1. The second kappa shape index (κ2) is 7.53. The number of hydrogen-bond donors (Lipinski definition) is 2. The van der Waals surface area contributed by atoms with Gasteiger partial charge < -0.3 is 19.9 Å². The van der Waals surface area contributed by atoms with Crippen LogP contribution in [0, 0.1) is 0 Å². The summed E-state index contributed by atoms with van der Waals surface area (Å²) >= 11 is 0. The fourth-order valence-electron chi connectivity index (χ4n) is 3.23. The number of nitrogens with one attached hydrogen (secondary N) is 2. The molecule has 6 heteroatoms. The molecular weight excluding hydrogens is 340 g/mol. The Bertz CT molecular complexity index is 919. The molecular formula is C21H22N4O2. The van der Waals surface area contributed by atoms with Gasteiger partial charge in [-0.05, 0) is 17.7 Å². The largest absolute Gasteiger partial charge is 0.497 e. The topological polar surface area (TPSA) is 70.2 Å². The zero-order chi connectivity index (χ0) is 18.6. The van der Waals surface area contributed by atoms with Gasteiger partial charge in [-0.3, -0.25) is 0 Å². The van der Waals surface area contributed by atoms with Gasteiger partial charge in [-0.15, -0.1) is 0 Å². The van der Waals surface area contributed by atoms with Crippen LogP contribution in [0.5, 0.6) is 5.75 Å². The van der Waals surface area contributed by atoms with E-state index in [-0.39, 0.29) is 6.03 Å². The maximum Gasteiger partial charge on any atom is 0.318 e. The number of fused-ring (bicyclic) bond motifs is 1. The molecule has 0 atom stereocenters. The highest BCUT2D eigenvalue weighted by atomic mass is 16.5. The highest BCUT2D eigenvalue weighted by molar-refractivity contribution is 5.74. The average Bonchev–Trinajstić information content (AvgIpc) is 3.16. The smallest absolute Gasteiger partial charge is 0.318 e. The van der Waals surface area contributed by atoms with Crippen LogP contribution >= 0.6 is 0 Å². The molecule has 0 fully saturated rings. The van der Waals surface area contributed by atoms with E-state index in [2.05, 4.69) is 10.3 Å². The minimum absolute atomic E-state index is 0.0627. The fourth-order valence-corrected chi connectivity index (χ4v) is 3.23. The molecule has 6 nitrogen and oxygen atoms in total. The summed E-state index contributed by atoms with van der Waals surface area (Å²) in [5, 5.41) is 2.99. The van der Waals surface area contributed by atoms with Gasteiger partial charge in [0.2, 0.25) is 0 Å². The molecule has 0 radical (unpaired) electrons. The Balaban J connectivity index is 1.38. The Kier molecular flexibility index (Phi) is 4.78. The number of ether oxygens (including phenoxy) is 1. The van der Waals surface area contributed by atoms with Crippen molar-refractivity contribution in [3.8, 4) is 17.1 Å². The first-order valence-electron chi connectivity index (χ1n) is 9.02. The Morgan fingerprint density at radius 3 is 2.70 bits per heavy atom. The predicted molar refractivity (Wildman–Crippen MR) is 103 cm³/mol.